The lowest BCUT2D eigenvalue weighted by Crippen LogP contribution is -2.58. The van der Waals surface area contributed by atoms with Crippen LogP contribution in [0.15, 0.2) is 94.7 Å². The summed E-state index contributed by atoms with van der Waals surface area (Å²) >= 11 is 0. The molecule has 0 aromatic heterocycles. The number of nitrogens with one attached hydrogen (secondary N) is 5. The fraction of sp³-hybridized carbons (Fsp3) is 0.595. The van der Waals surface area contributed by atoms with Crippen molar-refractivity contribution in [3.8, 4) is 11.5 Å². The van der Waals surface area contributed by atoms with Crippen LogP contribution in [0.1, 0.15) is 196 Å². The van der Waals surface area contributed by atoms with E-state index >= 15 is 0 Å². The van der Waals surface area contributed by atoms with E-state index in [0.29, 0.717) is 71.3 Å². The van der Waals surface area contributed by atoms with E-state index in [1.54, 1.807) is 77.9 Å². The van der Waals surface area contributed by atoms with Crippen molar-refractivity contribution in [1.82, 2.24) is 45.6 Å². The maximum Gasteiger partial charge on any atom is 0.410 e. The summed E-state index contributed by atoms with van der Waals surface area (Å²) in [5.74, 6) is -3.72. The zero-order valence-electron chi connectivity index (χ0n) is 65.6. The van der Waals surface area contributed by atoms with Gasteiger partial charge in [-0.05, 0) is 187 Å². The number of alkyl carbamates (subject to hydrolysis) is 2. The molecule has 14 atom stereocenters. The number of carbonyl (C=O) groups is 10. The molecule has 9 amide bonds. The van der Waals surface area contributed by atoms with E-state index in [4.69, 9.17) is 33.6 Å². The Hall–Kier alpha value is -9.90. The summed E-state index contributed by atoms with van der Waals surface area (Å²) in [6, 6.07) is 16.2. The van der Waals surface area contributed by atoms with Gasteiger partial charge in [-0.2, -0.15) is 0 Å². The average Bonchev–Trinajstić information content (AvgIpc) is 1.55. The van der Waals surface area contributed by atoms with Crippen LogP contribution in [0.3, 0.4) is 0 Å². The molecule has 6 aliphatic heterocycles. The average molecular weight is 1710 g/mol. The van der Waals surface area contributed by atoms with Crippen LogP contribution >= 0.6 is 0 Å². The first kappa shape index (κ1) is 94.6. The zero-order chi connectivity index (χ0) is 83.0. The van der Waals surface area contributed by atoms with E-state index in [1.165, 1.54) is 82.4 Å². The van der Waals surface area contributed by atoms with Gasteiger partial charge in [0.25, 0.3) is 15.9 Å². The summed E-state index contributed by atoms with van der Waals surface area (Å²) < 4.78 is 112. The predicted molar refractivity (Wildman–Crippen MR) is 433 cm³/mol. The molecule has 4 aromatic rings. The molecule has 4 aliphatic carbocycles. The van der Waals surface area contributed by atoms with E-state index in [2.05, 4.69) is 26.0 Å². The number of aliphatic carboxylic acids is 1. The van der Waals surface area contributed by atoms with Crippen LogP contribution in [-0.2, 0) is 93.9 Å². The molecule has 14 rings (SSSR count). The third-order valence-electron chi connectivity index (χ3n) is 23.2. The number of carboxylic acid groups (broad SMARTS) is 1. The largest absolute Gasteiger partial charge is 0.497 e. The van der Waals surface area contributed by atoms with Crippen LogP contribution in [0.4, 0.5) is 28.0 Å². The number of halogens is 2. The maximum absolute atomic E-state index is 14.5. The van der Waals surface area contributed by atoms with Gasteiger partial charge < -0.3 is 64.6 Å². The lowest BCUT2D eigenvalue weighted by Gasteiger charge is -2.30. The van der Waals surface area contributed by atoms with Gasteiger partial charge in [0.05, 0.1) is 50.2 Å². The number of fused-ring (bicyclic) bond motifs is 10. The number of hydrogen-bond donors (Lipinski definition) is 7. The van der Waals surface area contributed by atoms with Gasteiger partial charge in [0.2, 0.25) is 33.7 Å². The van der Waals surface area contributed by atoms with Crippen molar-refractivity contribution in [3.05, 3.63) is 119 Å². The fourth-order valence-electron chi connectivity index (χ4n) is 17.0. The molecule has 4 saturated carbocycles. The Kier molecular flexibility index (Phi) is 30.0. The highest BCUT2D eigenvalue weighted by molar-refractivity contribution is 7.90. The Morgan fingerprint density at radius 1 is 0.529 bits per heavy atom. The van der Waals surface area contributed by atoms with Gasteiger partial charge in [0.15, 0.2) is 0 Å². The van der Waals surface area contributed by atoms with E-state index in [0.717, 1.165) is 51.4 Å². The molecule has 8 N–H and O–H groups in total. The summed E-state index contributed by atoms with van der Waals surface area (Å²) in [7, 11) is -4.99. The molecular formula is C84H118F2N10O21S2. The molecule has 4 saturated heterocycles. The minimum Gasteiger partial charge on any atom is -0.497 e. The summed E-state index contributed by atoms with van der Waals surface area (Å²) in [5, 5.41) is 26.1. The van der Waals surface area contributed by atoms with Crippen LogP contribution < -0.4 is 40.6 Å². The van der Waals surface area contributed by atoms with Gasteiger partial charge >= 0.3 is 30.3 Å². The topological polar surface area (TPSA) is 414 Å². The van der Waals surface area contributed by atoms with Crippen LogP contribution in [-0.4, -0.2) is 187 Å². The van der Waals surface area contributed by atoms with Crippen LogP contribution in [0.5, 0.6) is 11.5 Å². The molecule has 6 heterocycles. The lowest BCUT2D eigenvalue weighted by atomic mass is 10.0. The van der Waals surface area contributed by atoms with Gasteiger partial charge in [0, 0.05) is 37.1 Å². The molecule has 8 fully saturated rings. The van der Waals surface area contributed by atoms with Crippen molar-refractivity contribution in [2.45, 2.75) is 269 Å². The minimum absolute atomic E-state index is 0. The van der Waals surface area contributed by atoms with Crippen LogP contribution in [0, 0.1) is 47.1 Å². The number of primary sulfonamides is 1. The number of carboxylic acids is 1. The van der Waals surface area contributed by atoms with Crippen molar-refractivity contribution in [2.75, 3.05) is 27.3 Å². The summed E-state index contributed by atoms with van der Waals surface area (Å²) in [6.45, 7) is 10.2. The van der Waals surface area contributed by atoms with Gasteiger partial charge in [-0.25, -0.2) is 59.5 Å². The van der Waals surface area contributed by atoms with Crippen LogP contribution in [0.25, 0.3) is 0 Å². The maximum atomic E-state index is 14.5. The number of ether oxygens (including phenoxy) is 6. The monoisotopic (exact) mass is 1700 g/mol. The quantitative estimate of drug-likeness (QED) is 0.0686. The van der Waals surface area contributed by atoms with Crippen molar-refractivity contribution < 1.29 is 107 Å². The molecular weight excluding hydrogens is 1590 g/mol. The highest BCUT2D eigenvalue weighted by Gasteiger charge is 2.70. The SMILES string of the molecule is C.C.C.C.CC(C)(C)OC(=O)N[C@H]1CCCCCC2CC2[C@@H]2C[C@@]2(C(=O)O)NC(=O)[C@@H]2C[C@@H](OC(=O)N3Cc4cccc(F)c4C3)CN2C1=O.COc1ccc(S(=O)(=O)NC(=O)[C@@]23C[C@H]2C2CC2CCCCC[C@H](NC(=O)OC(C)(C)C)C(=O)N2C[C@H](OC(=O)N4Cc5cccc(F)c5C4)C[C@H]2C(=O)N3)cc1.COc1ccc(S(N)(=O)=O)cc1. The van der Waals surface area contributed by atoms with Gasteiger partial charge in [-0.15, -0.1) is 0 Å². The minimum atomic E-state index is -4.35. The molecule has 31 nitrogen and oxygen atoms in total. The number of methoxy groups -OCH3 is 2. The Balaban J connectivity index is 0.000000256. The molecule has 0 bridgehead atoms. The van der Waals surface area contributed by atoms with Gasteiger partial charge in [-0.1, -0.05) is 105 Å². The second-order valence-corrected chi connectivity index (χ2v) is 36.9. The molecule has 656 valence electrons. The van der Waals surface area contributed by atoms with E-state index in [-0.39, 0.29) is 128 Å². The number of rotatable bonds is 11. The molecule has 0 spiro atoms. The zero-order valence-corrected chi connectivity index (χ0v) is 67.3. The molecule has 4 unspecified atom stereocenters. The second-order valence-electron chi connectivity index (χ2n) is 33.6. The number of nitrogens with zero attached hydrogens (tertiary/aromatic N) is 4. The van der Waals surface area contributed by atoms with E-state index < -0.39 is 150 Å². The summed E-state index contributed by atoms with van der Waals surface area (Å²) in [5.41, 5.74) is -2.48. The summed E-state index contributed by atoms with van der Waals surface area (Å²) in [6.07, 6.45) is 4.24. The Morgan fingerprint density at radius 3 is 1.30 bits per heavy atom. The second kappa shape index (κ2) is 37.8. The molecule has 10 aliphatic rings. The third-order valence-corrected chi connectivity index (χ3v) is 25.5. The number of amides is 9. The highest BCUT2D eigenvalue weighted by Crippen LogP contribution is 2.63. The first-order valence-electron chi connectivity index (χ1n) is 39.1. The lowest BCUT2D eigenvalue weighted by molar-refractivity contribution is -0.146. The van der Waals surface area contributed by atoms with Crippen molar-refractivity contribution in [1.29, 1.82) is 0 Å². The molecule has 119 heavy (non-hydrogen) atoms. The standard InChI is InChI=1S/C40H50FN5O10S.C33H43FN4O8.C7H9NO3S.4CH4/c1-39(2,3)56-37(50)42-32-12-7-5-6-9-23-17-28(23)30-19-40(30,36(49)44-57(52,53)27-15-13-25(54-4)14-16-27)43-34(47)33-18-26(21-46(33)35(32)48)55-38(51)45-20-24-10-8-11-31(41)29(24)22-45;1-32(2,3)46-30(43)35-25-11-6-4-5-8-18-12-21(18)23-14-33(23,29(41)42)36-27(39)26-13-20(16-38(26)28(25)40)45-31(44)37-15-19-9-7-10-24(34)22(19)17-37;1-11-6-2-4-7(5-3-6)12(8,9)10;;;;/h8,10-11,13-16,23,26,28,30,32-33H,5-7,9,12,17-22H2,1-4H3,(H,42,50)(H,43,47)(H,44,49);7,9-10,18,20-21,23,25-26H,4-6,8,11-17H2,1-3H3,(H,35,43)(H,36,39)(H,41,42);2-5H,1H3,(H2,8,9,10);4*1H4/t23?,26-,28?,30+,32+,33+,40-;18?,20-,21?,23+,25+,26+,33-;;;;;/m11...../s1. The van der Waals surface area contributed by atoms with Crippen molar-refractivity contribution >= 4 is 79.9 Å². The first-order chi connectivity index (χ1) is 54.3. The number of carbonyl (C=O) groups excluding carboxylic acids is 9. The predicted octanol–water partition coefficient (Wildman–Crippen LogP) is 10.7. The van der Waals surface area contributed by atoms with Gasteiger partial charge in [-0.3, -0.25) is 33.8 Å². The highest BCUT2D eigenvalue weighted by atomic mass is 32.2. The van der Waals surface area contributed by atoms with Gasteiger partial charge in [0.1, 0.15) is 81.8 Å². The number of hydrogen-bond acceptors (Lipinski definition) is 20. The number of nitrogens with two attached hydrogens (primary N) is 1. The Morgan fingerprint density at radius 2 is 0.916 bits per heavy atom. The van der Waals surface area contributed by atoms with E-state index in [9.17, 15) is 78.7 Å². The molecule has 0 radical (unpaired) electrons. The molecule has 35 heteroatoms. The fourth-order valence-corrected chi connectivity index (χ4v) is 18.5. The summed E-state index contributed by atoms with van der Waals surface area (Å²) in [4.78, 5) is 141. The van der Waals surface area contributed by atoms with Crippen molar-refractivity contribution in [2.24, 2.45) is 40.6 Å². The van der Waals surface area contributed by atoms with E-state index in [1.807, 2.05) is 0 Å². The first-order valence-corrected chi connectivity index (χ1v) is 42.1. The van der Waals surface area contributed by atoms with Crippen molar-refractivity contribution in [3.63, 3.8) is 0 Å². The molecule has 4 aromatic carbocycles. The van der Waals surface area contributed by atoms with Crippen LogP contribution in [0.2, 0.25) is 0 Å². The Bertz CT molecular complexity index is 4650. The number of benzene rings is 4. The Labute approximate surface area is 696 Å². The normalized spacial score (nSPS) is 27.4. The third kappa shape index (κ3) is 22.4. The number of sulfonamides is 2. The smallest absolute Gasteiger partial charge is 0.410 e.